The number of hydrogen-bond donors (Lipinski definition) is 1. The Balaban J connectivity index is 1.75. The molecule has 1 aromatic carbocycles. The van der Waals surface area contributed by atoms with Crippen molar-refractivity contribution in [2.75, 3.05) is 13.2 Å². The molecule has 2 aromatic heterocycles. The van der Waals surface area contributed by atoms with E-state index in [9.17, 15) is 14.4 Å². The fourth-order valence-corrected chi connectivity index (χ4v) is 2.90. The number of esters is 1. The Morgan fingerprint density at radius 2 is 2.00 bits per heavy atom. The van der Waals surface area contributed by atoms with Gasteiger partial charge in [0.1, 0.15) is 29.6 Å². The number of hydrogen-bond acceptors (Lipinski definition) is 6. The first kappa shape index (κ1) is 19.3. The van der Waals surface area contributed by atoms with Crippen LogP contribution in [0, 0.1) is 6.92 Å². The number of rotatable bonds is 7. The van der Waals surface area contributed by atoms with Crippen molar-refractivity contribution in [3.05, 3.63) is 63.9 Å². The summed E-state index contributed by atoms with van der Waals surface area (Å²) in [4.78, 5) is 41.2. The van der Waals surface area contributed by atoms with Gasteiger partial charge in [0.15, 0.2) is 0 Å². The molecule has 3 aromatic rings. The van der Waals surface area contributed by atoms with Crippen molar-refractivity contribution in [1.82, 2.24) is 14.9 Å². The molecule has 0 saturated heterocycles. The number of furan rings is 1. The summed E-state index contributed by atoms with van der Waals surface area (Å²) in [5.41, 5.74) is 0.679. The average Bonchev–Trinajstić information content (AvgIpc) is 3.02. The molecule has 28 heavy (non-hydrogen) atoms. The van der Waals surface area contributed by atoms with Crippen molar-refractivity contribution < 1.29 is 18.7 Å². The normalized spacial score (nSPS) is 10.8. The summed E-state index contributed by atoms with van der Waals surface area (Å²) in [6.45, 7) is 3.65. The van der Waals surface area contributed by atoms with E-state index in [4.69, 9.17) is 9.15 Å². The van der Waals surface area contributed by atoms with Crippen LogP contribution >= 0.6 is 0 Å². The lowest BCUT2D eigenvalue weighted by molar-refractivity contribution is -0.121. The second kappa shape index (κ2) is 8.51. The van der Waals surface area contributed by atoms with E-state index >= 15 is 0 Å². The Labute approximate surface area is 161 Å². The molecule has 1 amide bonds. The molecule has 8 nitrogen and oxygen atoms in total. The molecule has 0 bridgehead atoms. The van der Waals surface area contributed by atoms with E-state index in [-0.39, 0.29) is 41.5 Å². The van der Waals surface area contributed by atoms with Crippen molar-refractivity contribution in [3.63, 3.8) is 0 Å². The molecule has 0 aliphatic rings. The first-order valence-electron chi connectivity index (χ1n) is 8.97. The molecule has 0 aliphatic heterocycles. The minimum absolute atomic E-state index is 0.0236. The number of nitrogens with one attached hydrogen (secondary N) is 1. The van der Waals surface area contributed by atoms with Crippen LogP contribution in [0.1, 0.15) is 28.6 Å². The maximum absolute atomic E-state index is 12.8. The molecule has 8 heteroatoms. The van der Waals surface area contributed by atoms with Crippen LogP contribution in [0.25, 0.3) is 11.1 Å². The Kier molecular flexibility index (Phi) is 5.88. The van der Waals surface area contributed by atoms with Crippen molar-refractivity contribution in [2.45, 2.75) is 26.8 Å². The molecule has 1 N–H and O–H groups in total. The third-order valence-electron chi connectivity index (χ3n) is 4.23. The van der Waals surface area contributed by atoms with Crippen LogP contribution < -0.4 is 10.9 Å². The van der Waals surface area contributed by atoms with Gasteiger partial charge in [-0.05, 0) is 25.8 Å². The number of carbonyl (C=O) groups excluding carboxylic acids is 2. The van der Waals surface area contributed by atoms with Crippen molar-refractivity contribution in [3.8, 4) is 0 Å². The highest BCUT2D eigenvalue weighted by Gasteiger charge is 2.24. The van der Waals surface area contributed by atoms with Gasteiger partial charge in [0.05, 0.1) is 6.61 Å². The van der Waals surface area contributed by atoms with Gasteiger partial charge in [-0.25, -0.2) is 9.78 Å². The summed E-state index contributed by atoms with van der Waals surface area (Å²) in [6, 6.07) is 9.76. The van der Waals surface area contributed by atoms with Gasteiger partial charge < -0.3 is 14.5 Å². The van der Waals surface area contributed by atoms with Crippen molar-refractivity contribution in [2.24, 2.45) is 0 Å². The van der Waals surface area contributed by atoms with Gasteiger partial charge in [0.25, 0.3) is 5.56 Å². The number of fused-ring (bicyclic) bond motifs is 1. The zero-order valence-electron chi connectivity index (χ0n) is 15.7. The number of aromatic nitrogens is 2. The number of ether oxygens (including phenoxy) is 1. The maximum atomic E-state index is 12.8. The van der Waals surface area contributed by atoms with Gasteiger partial charge in [-0.3, -0.25) is 14.2 Å². The predicted octanol–water partition coefficient (Wildman–Crippen LogP) is 1.83. The van der Waals surface area contributed by atoms with Gasteiger partial charge in [-0.2, -0.15) is 0 Å². The average molecular weight is 383 g/mol. The Morgan fingerprint density at radius 3 is 2.71 bits per heavy atom. The van der Waals surface area contributed by atoms with E-state index in [1.807, 2.05) is 30.3 Å². The smallest absolute Gasteiger partial charge is 0.342 e. The number of nitrogens with zero attached hydrogens (tertiary/aromatic N) is 2. The number of carbonyl (C=O) groups is 2. The molecule has 0 atom stereocenters. The Bertz CT molecular complexity index is 1050. The second-order valence-corrected chi connectivity index (χ2v) is 6.20. The van der Waals surface area contributed by atoms with E-state index in [0.29, 0.717) is 13.0 Å². The summed E-state index contributed by atoms with van der Waals surface area (Å²) >= 11 is 0. The zero-order chi connectivity index (χ0) is 20.1. The summed E-state index contributed by atoms with van der Waals surface area (Å²) in [7, 11) is 0. The topological polar surface area (TPSA) is 103 Å². The lowest BCUT2D eigenvalue weighted by Gasteiger charge is -2.07. The third-order valence-corrected chi connectivity index (χ3v) is 4.23. The second-order valence-electron chi connectivity index (χ2n) is 6.20. The molecule has 0 unspecified atom stereocenters. The highest BCUT2D eigenvalue weighted by Crippen LogP contribution is 2.21. The van der Waals surface area contributed by atoms with Crippen LogP contribution in [0.2, 0.25) is 0 Å². The lowest BCUT2D eigenvalue weighted by Crippen LogP contribution is -2.33. The van der Waals surface area contributed by atoms with Crippen molar-refractivity contribution in [1.29, 1.82) is 0 Å². The largest absolute Gasteiger partial charge is 0.462 e. The molecular formula is C20H21N3O5. The highest BCUT2D eigenvalue weighted by molar-refractivity contribution is 6.03. The summed E-state index contributed by atoms with van der Waals surface area (Å²) in [5.74, 6) is -0.720. The Morgan fingerprint density at radius 1 is 1.25 bits per heavy atom. The third kappa shape index (κ3) is 4.11. The molecule has 0 spiro atoms. The van der Waals surface area contributed by atoms with E-state index < -0.39 is 11.5 Å². The minimum atomic E-state index is -0.650. The summed E-state index contributed by atoms with van der Waals surface area (Å²) in [6.07, 6.45) is 1.92. The maximum Gasteiger partial charge on any atom is 0.342 e. The van der Waals surface area contributed by atoms with E-state index in [0.717, 1.165) is 10.1 Å². The van der Waals surface area contributed by atoms with Gasteiger partial charge in [0, 0.05) is 6.54 Å². The molecular weight excluding hydrogens is 362 g/mol. The SMILES string of the molecule is CCOC(=O)c1c(C)oc2ncn(CC(=O)NCCc3ccccc3)c(=O)c12. The van der Waals surface area contributed by atoms with Crippen LogP contribution in [-0.2, 0) is 22.5 Å². The Hall–Kier alpha value is -3.42. The zero-order valence-corrected chi connectivity index (χ0v) is 15.7. The summed E-state index contributed by atoms with van der Waals surface area (Å²) in [5, 5.41) is 2.80. The van der Waals surface area contributed by atoms with Crippen LogP contribution in [-0.4, -0.2) is 34.6 Å². The van der Waals surface area contributed by atoms with Crippen LogP contribution in [0.15, 0.2) is 45.9 Å². The van der Waals surface area contributed by atoms with E-state index in [1.165, 1.54) is 6.33 Å². The van der Waals surface area contributed by atoms with E-state index in [1.54, 1.807) is 13.8 Å². The van der Waals surface area contributed by atoms with Gasteiger partial charge in [-0.15, -0.1) is 0 Å². The van der Waals surface area contributed by atoms with Gasteiger partial charge >= 0.3 is 5.97 Å². The number of benzene rings is 1. The fourth-order valence-electron chi connectivity index (χ4n) is 2.90. The summed E-state index contributed by atoms with van der Waals surface area (Å²) < 4.78 is 11.5. The molecule has 146 valence electrons. The standard InChI is InChI=1S/C20H21N3O5/c1-3-27-20(26)16-13(2)28-18-17(16)19(25)23(12-22-18)11-15(24)21-10-9-14-7-5-4-6-8-14/h4-8,12H,3,9-11H2,1-2H3,(H,21,24). The first-order chi connectivity index (χ1) is 13.5. The van der Waals surface area contributed by atoms with Gasteiger partial charge in [0.2, 0.25) is 11.6 Å². The monoisotopic (exact) mass is 383 g/mol. The molecule has 0 radical (unpaired) electrons. The van der Waals surface area contributed by atoms with Crippen LogP contribution in [0.3, 0.4) is 0 Å². The molecule has 2 heterocycles. The van der Waals surface area contributed by atoms with Crippen LogP contribution in [0.4, 0.5) is 0 Å². The van der Waals surface area contributed by atoms with Gasteiger partial charge in [-0.1, -0.05) is 30.3 Å². The van der Waals surface area contributed by atoms with Crippen LogP contribution in [0.5, 0.6) is 0 Å². The fraction of sp³-hybridized carbons (Fsp3) is 0.300. The first-order valence-corrected chi connectivity index (χ1v) is 8.97. The number of aryl methyl sites for hydroxylation is 1. The minimum Gasteiger partial charge on any atom is -0.462 e. The predicted molar refractivity (Wildman–Crippen MR) is 102 cm³/mol. The van der Waals surface area contributed by atoms with E-state index in [2.05, 4.69) is 10.3 Å². The molecule has 0 saturated carbocycles. The number of amides is 1. The molecule has 0 aliphatic carbocycles. The highest BCUT2D eigenvalue weighted by atomic mass is 16.5. The quantitative estimate of drug-likeness (QED) is 0.625. The molecule has 0 fully saturated rings. The lowest BCUT2D eigenvalue weighted by atomic mass is 10.1. The molecule has 3 rings (SSSR count). The van der Waals surface area contributed by atoms with Crippen molar-refractivity contribution >= 4 is 23.0 Å².